The van der Waals surface area contributed by atoms with E-state index in [0.29, 0.717) is 41.0 Å². The van der Waals surface area contributed by atoms with Crippen molar-refractivity contribution in [2.75, 3.05) is 18.1 Å². The van der Waals surface area contributed by atoms with Gasteiger partial charge in [0.2, 0.25) is 0 Å². The van der Waals surface area contributed by atoms with Gasteiger partial charge in [0, 0.05) is 17.1 Å². The van der Waals surface area contributed by atoms with Gasteiger partial charge >= 0.3 is 5.91 Å². The fraction of sp³-hybridized carbons (Fsp3) is 0.136. The number of aliphatic hydroxyl groups excluding tert-OH is 1. The van der Waals surface area contributed by atoms with Gasteiger partial charge in [-0.25, -0.2) is 4.98 Å². The minimum Gasteiger partial charge on any atom is -0.507 e. The zero-order valence-electron chi connectivity index (χ0n) is 15.6. The van der Waals surface area contributed by atoms with E-state index in [2.05, 4.69) is 4.98 Å². The molecule has 150 valence electrons. The summed E-state index contributed by atoms with van der Waals surface area (Å²) in [5.41, 5.74) is 1.08. The zero-order chi connectivity index (χ0) is 20.7. The Kier molecular flexibility index (Phi) is 4.48. The lowest BCUT2D eigenvalue weighted by Crippen LogP contribution is -2.29. The van der Waals surface area contributed by atoms with Crippen LogP contribution in [0.1, 0.15) is 17.2 Å². The van der Waals surface area contributed by atoms with E-state index in [1.165, 1.54) is 16.2 Å². The van der Waals surface area contributed by atoms with Gasteiger partial charge in [-0.2, -0.15) is 0 Å². The second kappa shape index (κ2) is 7.31. The molecule has 2 aliphatic heterocycles. The van der Waals surface area contributed by atoms with Crippen LogP contribution in [-0.4, -0.2) is 35.0 Å². The number of ether oxygens (including phenoxy) is 2. The fourth-order valence-corrected chi connectivity index (χ4v) is 4.33. The summed E-state index contributed by atoms with van der Waals surface area (Å²) in [7, 11) is 0. The third-order valence-corrected chi connectivity index (χ3v) is 5.77. The second-order valence-electron chi connectivity index (χ2n) is 6.75. The number of Topliss-reactive ketones (excluding diaryl/α,β-unsaturated/α-hetero) is 1. The van der Waals surface area contributed by atoms with Crippen molar-refractivity contribution in [2.24, 2.45) is 0 Å². The standard InChI is InChI=1S/C22H16N2O5S/c25-19(14-6-7-15-16(12-14)29-10-9-28-15)17-18(13-4-2-1-3-5-13)24(21(27)20(17)26)22-23-8-11-30-22/h1-8,11-12,18,25H,9-10H2/t18-/m0/s1. The van der Waals surface area contributed by atoms with Crippen LogP contribution in [0.3, 0.4) is 0 Å². The van der Waals surface area contributed by atoms with Crippen LogP contribution in [0.4, 0.5) is 5.13 Å². The normalized spacial score (nSPS) is 19.9. The molecule has 0 bridgehead atoms. The van der Waals surface area contributed by atoms with Crippen LogP contribution in [0.25, 0.3) is 5.76 Å². The van der Waals surface area contributed by atoms with Crippen LogP contribution in [0.5, 0.6) is 11.5 Å². The van der Waals surface area contributed by atoms with Crippen molar-refractivity contribution in [2.45, 2.75) is 6.04 Å². The van der Waals surface area contributed by atoms with Gasteiger partial charge in [-0.05, 0) is 23.8 Å². The average Bonchev–Trinajstić information content (AvgIpc) is 3.40. The molecule has 3 aromatic rings. The number of aliphatic hydroxyl groups is 1. The number of hydrogen-bond donors (Lipinski definition) is 1. The monoisotopic (exact) mass is 420 g/mol. The first kappa shape index (κ1) is 18.4. The number of thiazole rings is 1. The van der Waals surface area contributed by atoms with E-state index in [0.717, 1.165) is 0 Å². The van der Waals surface area contributed by atoms with E-state index in [4.69, 9.17) is 9.47 Å². The third kappa shape index (κ3) is 2.93. The number of hydrogen-bond acceptors (Lipinski definition) is 7. The highest BCUT2D eigenvalue weighted by Crippen LogP contribution is 2.43. The van der Waals surface area contributed by atoms with Gasteiger partial charge in [0.1, 0.15) is 19.0 Å². The Bertz CT molecular complexity index is 1160. The molecular formula is C22H16N2O5S. The molecule has 1 atom stereocenters. The summed E-state index contributed by atoms with van der Waals surface area (Å²) >= 11 is 1.25. The van der Waals surface area contributed by atoms with Crippen LogP contribution in [0.15, 0.2) is 65.7 Å². The van der Waals surface area contributed by atoms with Crippen molar-refractivity contribution in [1.82, 2.24) is 4.98 Å². The van der Waals surface area contributed by atoms with Gasteiger partial charge in [0.15, 0.2) is 16.6 Å². The maximum absolute atomic E-state index is 13.0. The molecule has 1 saturated heterocycles. The van der Waals surface area contributed by atoms with E-state index < -0.39 is 17.7 Å². The predicted molar refractivity (Wildman–Crippen MR) is 111 cm³/mol. The van der Waals surface area contributed by atoms with Crippen molar-refractivity contribution < 1.29 is 24.2 Å². The molecule has 5 rings (SSSR count). The zero-order valence-corrected chi connectivity index (χ0v) is 16.5. The number of carbonyl (C=O) groups excluding carboxylic acids is 2. The number of benzene rings is 2. The topological polar surface area (TPSA) is 89.0 Å². The van der Waals surface area contributed by atoms with Crippen molar-refractivity contribution in [3.05, 3.63) is 76.8 Å². The van der Waals surface area contributed by atoms with E-state index in [9.17, 15) is 14.7 Å². The average molecular weight is 420 g/mol. The Hall–Kier alpha value is -3.65. The lowest BCUT2D eigenvalue weighted by molar-refractivity contribution is -0.132. The number of amides is 1. The molecule has 1 aromatic heterocycles. The van der Waals surface area contributed by atoms with Gasteiger partial charge in [-0.15, -0.1) is 11.3 Å². The van der Waals surface area contributed by atoms with E-state index in [1.807, 2.05) is 30.3 Å². The number of rotatable bonds is 3. The molecule has 3 heterocycles. The van der Waals surface area contributed by atoms with Crippen LogP contribution in [0, 0.1) is 0 Å². The van der Waals surface area contributed by atoms with Crippen molar-refractivity contribution in [1.29, 1.82) is 0 Å². The highest BCUT2D eigenvalue weighted by atomic mass is 32.1. The summed E-state index contributed by atoms with van der Waals surface area (Å²) < 4.78 is 11.1. The van der Waals surface area contributed by atoms with Gasteiger partial charge in [-0.1, -0.05) is 30.3 Å². The number of fused-ring (bicyclic) bond motifs is 1. The molecule has 2 aliphatic rings. The molecule has 2 aromatic carbocycles. The first-order valence-corrected chi connectivity index (χ1v) is 10.2. The molecule has 8 heteroatoms. The second-order valence-corrected chi connectivity index (χ2v) is 7.63. The maximum Gasteiger partial charge on any atom is 0.301 e. The summed E-state index contributed by atoms with van der Waals surface area (Å²) in [5, 5.41) is 13.3. The summed E-state index contributed by atoms with van der Waals surface area (Å²) in [4.78, 5) is 31.5. The molecular weight excluding hydrogens is 404 g/mol. The Morgan fingerprint density at radius 3 is 2.57 bits per heavy atom. The quantitative estimate of drug-likeness (QED) is 0.396. The smallest absolute Gasteiger partial charge is 0.301 e. The number of ketones is 1. The van der Waals surface area contributed by atoms with Crippen LogP contribution < -0.4 is 14.4 Å². The van der Waals surface area contributed by atoms with Gasteiger partial charge < -0.3 is 14.6 Å². The SMILES string of the molecule is O=C1C(=O)N(c2nccs2)[C@@H](c2ccccc2)C1=C(O)c1ccc2c(c1)OCCO2. The van der Waals surface area contributed by atoms with Crippen LogP contribution in [-0.2, 0) is 9.59 Å². The Balaban J connectivity index is 1.68. The highest BCUT2D eigenvalue weighted by molar-refractivity contribution is 7.14. The third-order valence-electron chi connectivity index (χ3n) is 5.00. The predicted octanol–water partition coefficient (Wildman–Crippen LogP) is 3.54. The number of nitrogens with zero attached hydrogens (tertiary/aromatic N) is 2. The van der Waals surface area contributed by atoms with E-state index in [1.54, 1.807) is 29.8 Å². The Labute approximate surface area is 175 Å². The molecule has 1 fully saturated rings. The Morgan fingerprint density at radius 1 is 1.07 bits per heavy atom. The lowest BCUT2D eigenvalue weighted by Gasteiger charge is -2.23. The minimum atomic E-state index is -0.787. The van der Waals surface area contributed by atoms with Crippen LogP contribution >= 0.6 is 11.3 Å². The number of anilines is 1. The first-order chi connectivity index (χ1) is 14.6. The summed E-state index contributed by atoms with van der Waals surface area (Å²) in [6.45, 7) is 0.848. The molecule has 1 N–H and O–H groups in total. The van der Waals surface area contributed by atoms with Crippen molar-refractivity contribution in [3.8, 4) is 11.5 Å². The Morgan fingerprint density at radius 2 is 1.83 bits per heavy atom. The van der Waals surface area contributed by atoms with Crippen molar-refractivity contribution in [3.63, 3.8) is 0 Å². The first-order valence-electron chi connectivity index (χ1n) is 9.30. The molecule has 30 heavy (non-hydrogen) atoms. The molecule has 0 unspecified atom stereocenters. The number of aromatic nitrogens is 1. The highest BCUT2D eigenvalue weighted by Gasteiger charge is 2.47. The molecule has 7 nitrogen and oxygen atoms in total. The van der Waals surface area contributed by atoms with Gasteiger partial charge in [-0.3, -0.25) is 14.5 Å². The van der Waals surface area contributed by atoms with Crippen molar-refractivity contribution >= 4 is 33.9 Å². The van der Waals surface area contributed by atoms with Gasteiger partial charge in [0.05, 0.1) is 11.6 Å². The summed E-state index contributed by atoms with van der Waals surface area (Å²) in [5.74, 6) is -0.695. The van der Waals surface area contributed by atoms with Crippen LogP contribution in [0.2, 0.25) is 0 Å². The van der Waals surface area contributed by atoms with Gasteiger partial charge in [0.25, 0.3) is 5.78 Å². The lowest BCUT2D eigenvalue weighted by atomic mass is 9.95. The fourth-order valence-electron chi connectivity index (χ4n) is 3.66. The summed E-state index contributed by atoms with van der Waals surface area (Å²) in [6.07, 6.45) is 1.57. The largest absolute Gasteiger partial charge is 0.507 e. The summed E-state index contributed by atoms with van der Waals surface area (Å²) in [6, 6.07) is 13.3. The molecule has 1 amide bonds. The molecule has 0 radical (unpaired) electrons. The van der Waals surface area contributed by atoms with E-state index >= 15 is 0 Å². The molecule has 0 saturated carbocycles. The molecule has 0 aliphatic carbocycles. The maximum atomic E-state index is 13.0. The minimum absolute atomic E-state index is 0.0121. The number of carbonyl (C=O) groups is 2. The molecule has 0 spiro atoms. The van der Waals surface area contributed by atoms with E-state index in [-0.39, 0.29) is 11.3 Å².